The molecule has 7 heteroatoms. The van der Waals surface area contributed by atoms with Gasteiger partial charge in [0.2, 0.25) is 10.0 Å². The van der Waals surface area contributed by atoms with Crippen molar-refractivity contribution in [3.05, 3.63) is 65.1 Å². The molecule has 5 nitrogen and oxygen atoms in total. The average molecular weight is 921 g/mol. The maximum absolute atomic E-state index is 14.0. The number of benzene rings is 2. The van der Waals surface area contributed by atoms with E-state index in [2.05, 4.69) is 0 Å². The summed E-state index contributed by atoms with van der Waals surface area (Å²) in [4.78, 5) is 15.7. The highest BCUT2D eigenvalue weighted by atomic mass is 32.2. The maximum atomic E-state index is 14.0. The van der Waals surface area contributed by atoms with E-state index >= 15 is 0 Å². The SMILES string of the molecule is NS(=O)(=O)c1ccc(C2=C(Sc3ccccc3)C(=O)OC23CCCCCCCCCCCCCCCCCCCCCCCCCCCCCCCCCCCCCCCCC3)cc1. The van der Waals surface area contributed by atoms with Gasteiger partial charge >= 0.3 is 5.97 Å². The lowest BCUT2D eigenvalue weighted by Crippen LogP contribution is -2.32. The van der Waals surface area contributed by atoms with Gasteiger partial charge in [0.1, 0.15) is 10.5 Å². The van der Waals surface area contributed by atoms with Gasteiger partial charge in [0.25, 0.3) is 0 Å². The Morgan fingerprint density at radius 2 is 0.688 bits per heavy atom. The van der Waals surface area contributed by atoms with Gasteiger partial charge in [-0.2, -0.15) is 0 Å². The number of carbonyl (C=O) groups excluding carboxylic acids is 1. The number of carbonyl (C=O) groups is 1. The minimum Gasteiger partial charge on any atom is -0.450 e. The third-order valence-electron chi connectivity index (χ3n) is 14.3. The van der Waals surface area contributed by atoms with E-state index in [1.165, 1.54) is 236 Å². The van der Waals surface area contributed by atoms with Crippen LogP contribution in [-0.4, -0.2) is 20.0 Å². The molecule has 1 spiro atoms. The van der Waals surface area contributed by atoms with Crippen molar-refractivity contribution < 1.29 is 17.9 Å². The van der Waals surface area contributed by atoms with E-state index in [9.17, 15) is 13.2 Å². The fraction of sp³-hybridized carbons (Fsp3) is 0.737. The van der Waals surface area contributed by atoms with Crippen molar-refractivity contribution in [1.82, 2.24) is 0 Å². The highest BCUT2D eigenvalue weighted by molar-refractivity contribution is 8.04. The summed E-state index contributed by atoms with van der Waals surface area (Å²) in [6, 6.07) is 16.8. The molecular formula is C57H93NO4S2. The van der Waals surface area contributed by atoms with Gasteiger partial charge in [0.15, 0.2) is 0 Å². The number of primary sulfonamides is 1. The zero-order valence-corrected chi connectivity index (χ0v) is 42.3. The quantitative estimate of drug-likeness (QED) is 0.309. The largest absolute Gasteiger partial charge is 0.450 e. The number of esters is 1. The molecule has 1 aliphatic carbocycles. The van der Waals surface area contributed by atoms with Crippen molar-refractivity contribution in [2.75, 3.05) is 0 Å². The lowest BCUT2D eigenvalue weighted by molar-refractivity contribution is -0.146. The summed E-state index contributed by atoms with van der Waals surface area (Å²) in [7, 11) is -3.84. The normalized spacial score (nSPS) is 21.9. The van der Waals surface area contributed by atoms with Crippen LogP contribution in [0.2, 0.25) is 0 Å². The lowest BCUT2D eigenvalue weighted by Gasteiger charge is -2.32. The van der Waals surface area contributed by atoms with E-state index in [1.54, 1.807) is 12.1 Å². The molecule has 0 amide bonds. The summed E-state index contributed by atoms with van der Waals surface area (Å²) in [5.74, 6) is -0.262. The molecule has 2 aromatic carbocycles. The van der Waals surface area contributed by atoms with Gasteiger partial charge in [-0.1, -0.05) is 280 Å². The molecule has 2 aliphatic rings. The molecule has 1 heterocycles. The van der Waals surface area contributed by atoms with Crippen LogP contribution in [0.15, 0.2) is 69.3 Å². The highest BCUT2D eigenvalue weighted by Crippen LogP contribution is 2.51. The summed E-state index contributed by atoms with van der Waals surface area (Å²) >= 11 is 1.47. The zero-order chi connectivity index (χ0) is 45.2. The van der Waals surface area contributed by atoms with Crippen LogP contribution < -0.4 is 5.14 Å². The Labute approximate surface area is 398 Å². The van der Waals surface area contributed by atoms with Crippen molar-refractivity contribution >= 4 is 33.3 Å². The monoisotopic (exact) mass is 920 g/mol. The minimum atomic E-state index is -3.84. The summed E-state index contributed by atoms with van der Waals surface area (Å²) in [6.07, 6.45) is 54.5. The molecule has 2 N–H and O–H groups in total. The number of nitrogens with two attached hydrogens (primary N) is 1. The Kier molecular flexibility index (Phi) is 29.2. The van der Waals surface area contributed by atoms with Crippen LogP contribution in [-0.2, 0) is 19.6 Å². The molecule has 64 heavy (non-hydrogen) atoms. The fourth-order valence-corrected chi connectivity index (χ4v) is 11.9. The Hall–Kier alpha value is -2.09. The summed E-state index contributed by atoms with van der Waals surface area (Å²) in [6.45, 7) is 0. The molecule has 0 radical (unpaired) electrons. The molecule has 1 aliphatic heterocycles. The van der Waals surface area contributed by atoms with E-state index in [0.717, 1.165) is 54.6 Å². The van der Waals surface area contributed by atoms with Crippen LogP contribution in [0.5, 0.6) is 0 Å². The lowest BCUT2D eigenvalue weighted by atomic mass is 9.80. The van der Waals surface area contributed by atoms with Gasteiger partial charge in [-0.25, -0.2) is 18.4 Å². The molecule has 0 unspecified atom stereocenters. The Bertz CT molecular complexity index is 1580. The number of sulfonamides is 1. The first-order chi connectivity index (χ1) is 31.4. The second-order valence-corrected chi connectivity index (χ2v) is 22.5. The van der Waals surface area contributed by atoms with Crippen LogP contribution >= 0.6 is 11.8 Å². The van der Waals surface area contributed by atoms with Crippen molar-refractivity contribution in [3.8, 4) is 0 Å². The number of ether oxygens (including phenoxy) is 1. The number of thioether (sulfide) groups is 1. The van der Waals surface area contributed by atoms with E-state index in [-0.39, 0.29) is 10.9 Å². The fourth-order valence-electron chi connectivity index (χ4n) is 10.3. The second-order valence-electron chi connectivity index (χ2n) is 19.9. The number of hydrogen-bond donors (Lipinski definition) is 1. The second kappa shape index (κ2) is 34.2. The molecule has 4 rings (SSSR count). The van der Waals surface area contributed by atoms with Gasteiger partial charge in [-0.15, -0.1) is 0 Å². The van der Waals surface area contributed by atoms with Crippen LogP contribution in [0.3, 0.4) is 0 Å². The van der Waals surface area contributed by atoms with Crippen molar-refractivity contribution in [3.63, 3.8) is 0 Å². The summed E-state index contributed by atoms with van der Waals surface area (Å²) in [5, 5.41) is 5.51. The minimum absolute atomic E-state index is 0.0776. The van der Waals surface area contributed by atoms with E-state index in [1.807, 2.05) is 42.5 Å². The molecule has 0 bridgehead atoms. The summed E-state index contributed by atoms with van der Waals surface area (Å²) in [5.41, 5.74) is 1.03. The van der Waals surface area contributed by atoms with E-state index in [0.29, 0.717) is 4.91 Å². The Morgan fingerprint density at radius 3 is 0.969 bits per heavy atom. The van der Waals surface area contributed by atoms with Crippen molar-refractivity contribution in [2.45, 2.75) is 279 Å². The topological polar surface area (TPSA) is 86.5 Å². The van der Waals surface area contributed by atoms with Gasteiger partial charge in [0, 0.05) is 10.5 Å². The van der Waals surface area contributed by atoms with Crippen molar-refractivity contribution in [1.29, 1.82) is 0 Å². The zero-order valence-electron chi connectivity index (χ0n) is 40.7. The first-order valence-corrected chi connectivity index (χ1v) is 29.6. The molecular weight excluding hydrogens is 827 g/mol. The van der Waals surface area contributed by atoms with E-state index < -0.39 is 15.6 Å². The third-order valence-corrected chi connectivity index (χ3v) is 16.3. The van der Waals surface area contributed by atoms with E-state index in [4.69, 9.17) is 9.88 Å². The molecule has 0 atom stereocenters. The van der Waals surface area contributed by atoms with Crippen LogP contribution in [0.25, 0.3) is 5.57 Å². The molecule has 2 aromatic rings. The number of rotatable bonds is 4. The van der Waals surface area contributed by atoms with Gasteiger partial charge in [-0.3, -0.25) is 0 Å². The molecule has 0 aromatic heterocycles. The molecule has 0 saturated heterocycles. The highest BCUT2D eigenvalue weighted by Gasteiger charge is 2.47. The van der Waals surface area contributed by atoms with Gasteiger partial charge in [0.05, 0.1) is 4.90 Å². The molecule has 1 saturated carbocycles. The average Bonchev–Trinajstić information content (AvgIpc) is 3.56. The summed E-state index contributed by atoms with van der Waals surface area (Å²) < 4.78 is 31.0. The Balaban J connectivity index is 1.30. The smallest absolute Gasteiger partial charge is 0.346 e. The van der Waals surface area contributed by atoms with Crippen LogP contribution in [0, 0.1) is 0 Å². The van der Waals surface area contributed by atoms with Crippen molar-refractivity contribution in [2.24, 2.45) is 5.14 Å². The predicted molar refractivity (Wildman–Crippen MR) is 275 cm³/mol. The Morgan fingerprint density at radius 1 is 0.406 bits per heavy atom. The first-order valence-electron chi connectivity index (χ1n) is 27.2. The maximum Gasteiger partial charge on any atom is 0.346 e. The van der Waals surface area contributed by atoms with Gasteiger partial charge in [-0.05, 0) is 55.5 Å². The first kappa shape index (κ1) is 54.5. The number of hydrogen-bond acceptors (Lipinski definition) is 5. The van der Waals surface area contributed by atoms with Crippen LogP contribution in [0.1, 0.15) is 269 Å². The third kappa shape index (κ3) is 23.1. The van der Waals surface area contributed by atoms with Crippen LogP contribution in [0.4, 0.5) is 0 Å². The standard InChI is InChI=1S/C57H93NO4S2/c58-64(60,61)53-47-45-51(46-48-53)54-55(63-52-43-39-38-40-44-52)56(59)62-57(54)49-41-36-34-32-30-28-26-24-22-20-18-16-14-12-10-8-6-4-2-1-3-5-7-9-11-13-15-17-19-21-23-25-27-29-31-33-35-37-42-50-57/h38-40,43-48H,1-37,41-42,49-50H2,(H2,58,60,61). The molecule has 1 fully saturated rings. The van der Waals surface area contributed by atoms with Gasteiger partial charge < -0.3 is 4.74 Å². The molecule has 362 valence electrons. The predicted octanol–water partition coefficient (Wildman–Crippen LogP) is 18.1.